The second kappa shape index (κ2) is 4.43. The van der Waals surface area contributed by atoms with Crippen molar-refractivity contribution in [3.05, 3.63) is 0 Å². The SMILES string of the molecule is C#CC(=O)C1(OC)CCCCCC1. The third-order valence-electron chi connectivity index (χ3n) is 2.85. The number of methoxy groups -OCH3 is 1. The molecule has 0 spiro atoms. The molecule has 0 atom stereocenters. The summed E-state index contributed by atoms with van der Waals surface area (Å²) in [6, 6.07) is 0. The first-order valence-electron chi connectivity index (χ1n) is 4.81. The van der Waals surface area contributed by atoms with Crippen LogP contribution in [0.4, 0.5) is 0 Å². The zero-order chi connectivity index (χ0) is 9.73. The van der Waals surface area contributed by atoms with Crippen molar-refractivity contribution >= 4 is 5.78 Å². The van der Waals surface area contributed by atoms with E-state index in [1.54, 1.807) is 7.11 Å². The number of ketones is 1. The van der Waals surface area contributed by atoms with Crippen LogP contribution < -0.4 is 0 Å². The lowest BCUT2D eigenvalue weighted by Crippen LogP contribution is -2.39. The van der Waals surface area contributed by atoms with Crippen molar-refractivity contribution in [3.8, 4) is 12.3 Å². The van der Waals surface area contributed by atoms with Gasteiger partial charge >= 0.3 is 0 Å². The van der Waals surface area contributed by atoms with E-state index in [9.17, 15) is 4.79 Å². The maximum Gasteiger partial charge on any atom is 0.236 e. The van der Waals surface area contributed by atoms with Crippen molar-refractivity contribution in [3.63, 3.8) is 0 Å². The molecule has 1 fully saturated rings. The smallest absolute Gasteiger partial charge is 0.236 e. The molecule has 1 aliphatic carbocycles. The number of carbonyl (C=O) groups is 1. The Hall–Kier alpha value is -0.810. The molecule has 1 aliphatic rings. The highest BCUT2D eigenvalue weighted by Crippen LogP contribution is 2.30. The predicted molar refractivity (Wildman–Crippen MR) is 51.3 cm³/mol. The monoisotopic (exact) mass is 180 g/mol. The van der Waals surface area contributed by atoms with Gasteiger partial charge in [0.2, 0.25) is 5.78 Å². The molecule has 0 unspecified atom stereocenters. The number of terminal acetylenes is 1. The van der Waals surface area contributed by atoms with Gasteiger partial charge in [0.25, 0.3) is 0 Å². The summed E-state index contributed by atoms with van der Waals surface area (Å²) >= 11 is 0. The maximum atomic E-state index is 11.5. The zero-order valence-electron chi connectivity index (χ0n) is 8.14. The molecule has 0 saturated heterocycles. The fourth-order valence-corrected chi connectivity index (χ4v) is 1.96. The van der Waals surface area contributed by atoms with E-state index in [-0.39, 0.29) is 5.78 Å². The van der Waals surface area contributed by atoms with E-state index in [1.807, 2.05) is 0 Å². The highest BCUT2D eigenvalue weighted by molar-refractivity contribution is 6.01. The summed E-state index contributed by atoms with van der Waals surface area (Å²) in [4.78, 5) is 11.5. The van der Waals surface area contributed by atoms with Crippen LogP contribution in [0.1, 0.15) is 38.5 Å². The molecule has 13 heavy (non-hydrogen) atoms. The van der Waals surface area contributed by atoms with Crippen LogP contribution in [0.3, 0.4) is 0 Å². The van der Waals surface area contributed by atoms with Crippen LogP contribution in [-0.4, -0.2) is 18.5 Å². The van der Waals surface area contributed by atoms with Crippen LogP contribution in [0, 0.1) is 12.3 Å². The second-order valence-electron chi connectivity index (χ2n) is 3.59. The number of rotatable bonds is 2. The summed E-state index contributed by atoms with van der Waals surface area (Å²) in [5.41, 5.74) is -0.661. The van der Waals surface area contributed by atoms with E-state index in [2.05, 4.69) is 5.92 Å². The number of Topliss-reactive ketones (excluding diaryl/α,β-unsaturated/α-hetero) is 1. The van der Waals surface area contributed by atoms with Gasteiger partial charge in [-0.1, -0.05) is 25.7 Å². The van der Waals surface area contributed by atoms with E-state index in [0.29, 0.717) is 0 Å². The third-order valence-corrected chi connectivity index (χ3v) is 2.85. The molecule has 1 rings (SSSR count). The highest BCUT2D eigenvalue weighted by atomic mass is 16.5. The van der Waals surface area contributed by atoms with Gasteiger partial charge in [0.05, 0.1) is 0 Å². The van der Waals surface area contributed by atoms with E-state index in [1.165, 1.54) is 12.8 Å². The van der Waals surface area contributed by atoms with E-state index >= 15 is 0 Å². The molecular weight excluding hydrogens is 164 g/mol. The molecule has 72 valence electrons. The van der Waals surface area contributed by atoms with Crippen molar-refractivity contribution in [2.75, 3.05) is 7.11 Å². The van der Waals surface area contributed by atoms with Crippen LogP contribution >= 0.6 is 0 Å². The molecule has 0 N–H and O–H groups in total. The first kappa shape index (κ1) is 10.3. The van der Waals surface area contributed by atoms with Crippen molar-refractivity contribution in [2.45, 2.75) is 44.1 Å². The standard InChI is InChI=1S/C11H16O2/c1-3-10(12)11(13-2)8-6-4-5-7-9-11/h1H,4-9H2,2H3. The van der Waals surface area contributed by atoms with Gasteiger partial charge in [-0.2, -0.15) is 0 Å². The van der Waals surface area contributed by atoms with Gasteiger partial charge in [0.15, 0.2) is 0 Å². The van der Waals surface area contributed by atoms with Crippen LogP contribution in [-0.2, 0) is 9.53 Å². The minimum Gasteiger partial charge on any atom is -0.369 e. The molecule has 0 bridgehead atoms. The van der Waals surface area contributed by atoms with E-state index in [0.717, 1.165) is 25.7 Å². The van der Waals surface area contributed by atoms with Crippen molar-refractivity contribution in [2.24, 2.45) is 0 Å². The van der Waals surface area contributed by atoms with Crippen molar-refractivity contribution in [1.82, 2.24) is 0 Å². The van der Waals surface area contributed by atoms with Gasteiger partial charge in [-0.3, -0.25) is 4.79 Å². The zero-order valence-corrected chi connectivity index (χ0v) is 8.14. The average Bonchev–Trinajstić information content (AvgIpc) is 2.42. The van der Waals surface area contributed by atoms with E-state index < -0.39 is 5.60 Å². The number of ether oxygens (including phenoxy) is 1. The molecule has 0 heterocycles. The predicted octanol–water partition coefficient (Wildman–Crippen LogP) is 1.93. The lowest BCUT2D eigenvalue weighted by atomic mass is 9.90. The molecule has 0 aromatic carbocycles. The lowest BCUT2D eigenvalue weighted by Gasteiger charge is -2.27. The fourth-order valence-electron chi connectivity index (χ4n) is 1.96. The molecule has 0 aromatic heterocycles. The van der Waals surface area contributed by atoms with Gasteiger partial charge in [0.1, 0.15) is 5.60 Å². The summed E-state index contributed by atoms with van der Waals surface area (Å²) < 4.78 is 5.32. The maximum absolute atomic E-state index is 11.5. The Labute approximate surface area is 79.7 Å². The third kappa shape index (κ3) is 2.10. The summed E-state index contributed by atoms with van der Waals surface area (Å²) in [5.74, 6) is 2.01. The lowest BCUT2D eigenvalue weighted by molar-refractivity contribution is -0.136. The largest absolute Gasteiger partial charge is 0.369 e. The Bertz CT molecular complexity index is 217. The summed E-state index contributed by atoms with van der Waals surface area (Å²) in [6.07, 6.45) is 11.2. The first-order valence-corrected chi connectivity index (χ1v) is 4.81. The Morgan fingerprint density at radius 2 is 1.85 bits per heavy atom. The highest BCUT2D eigenvalue weighted by Gasteiger charge is 2.37. The van der Waals surface area contributed by atoms with Gasteiger partial charge in [-0.25, -0.2) is 0 Å². The fraction of sp³-hybridized carbons (Fsp3) is 0.727. The molecular formula is C11H16O2. The Kier molecular flexibility index (Phi) is 3.50. The van der Waals surface area contributed by atoms with E-state index in [4.69, 9.17) is 11.2 Å². The minimum atomic E-state index is -0.661. The molecule has 2 heteroatoms. The topological polar surface area (TPSA) is 26.3 Å². The summed E-state index contributed by atoms with van der Waals surface area (Å²) in [7, 11) is 1.58. The molecule has 0 aliphatic heterocycles. The first-order chi connectivity index (χ1) is 6.25. The summed E-state index contributed by atoms with van der Waals surface area (Å²) in [6.45, 7) is 0. The quantitative estimate of drug-likeness (QED) is 0.369. The van der Waals surface area contributed by atoms with Crippen LogP contribution in [0.25, 0.3) is 0 Å². The summed E-state index contributed by atoms with van der Waals surface area (Å²) in [5, 5.41) is 0. The molecule has 0 aromatic rings. The molecule has 2 nitrogen and oxygen atoms in total. The molecule has 0 radical (unpaired) electrons. The van der Waals surface area contributed by atoms with Crippen LogP contribution in [0.15, 0.2) is 0 Å². The Morgan fingerprint density at radius 3 is 2.23 bits per heavy atom. The second-order valence-corrected chi connectivity index (χ2v) is 3.59. The average molecular weight is 180 g/mol. The minimum absolute atomic E-state index is 0.183. The number of hydrogen-bond donors (Lipinski definition) is 0. The van der Waals surface area contributed by atoms with Gasteiger partial charge < -0.3 is 4.74 Å². The van der Waals surface area contributed by atoms with Gasteiger partial charge in [-0.05, 0) is 18.8 Å². The van der Waals surface area contributed by atoms with Gasteiger partial charge in [0, 0.05) is 7.11 Å². The Balaban J connectivity index is 2.77. The number of carbonyl (C=O) groups excluding carboxylic acids is 1. The van der Waals surface area contributed by atoms with Crippen LogP contribution in [0.2, 0.25) is 0 Å². The van der Waals surface area contributed by atoms with Crippen molar-refractivity contribution in [1.29, 1.82) is 0 Å². The Morgan fingerprint density at radius 1 is 1.31 bits per heavy atom. The van der Waals surface area contributed by atoms with Crippen LogP contribution in [0.5, 0.6) is 0 Å². The number of hydrogen-bond acceptors (Lipinski definition) is 2. The molecule has 1 saturated carbocycles. The van der Waals surface area contributed by atoms with Gasteiger partial charge in [-0.15, -0.1) is 6.42 Å². The normalized spacial score (nSPS) is 21.5. The molecule has 0 amide bonds. The van der Waals surface area contributed by atoms with Crippen molar-refractivity contribution < 1.29 is 9.53 Å².